The number of nitrogens with zero attached hydrogens (tertiary/aromatic N) is 3. The highest BCUT2D eigenvalue weighted by molar-refractivity contribution is 5.66. The number of aryl methyl sites for hydroxylation is 1. The lowest BCUT2D eigenvalue weighted by Gasteiger charge is -2.32. The van der Waals surface area contributed by atoms with Crippen molar-refractivity contribution in [3.8, 4) is 11.1 Å². The monoisotopic (exact) mass is 299 g/mol. The van der Waals surface area contributed by atoms with E-state index in [1.165, 1.54) is 0 Å². The van der Waals surface area contributed by atoms with E-state index in [4.69, 9.17) is 0 Å². The zero-order valence-corrected chi connectivity index (χ0v) is 13.2. The predicted molar refractivity (Wildman–Crippen MR) is 87.1 cm³/mol. The van der Waals surface area contributed by atoms with E-state index in [1.54, 1.807) is 12.3 Å². The molecule has 4 heteroatoms. The Morgan fingerprint density at radius 1 is 1.14 bits per heavy atom. The normalized spacial score (nSPS) is 16.9. The minimum absolute atomic E-state index is 0.118. The average molecular weight is 299 g/mol. The van der Waals surface area contributed by atoms with Crippen molar-refractivity contribution in [1.29, 1.82) is 0 Å². The molecule has 0 N–H and O–H groups in total. The molecular weight excluding hydrogens is 277 g/mol. The van der Waals surface area contributed by atoms with Crippen LogP contribution in [0.2, 0.25) is 0 Å². The van der Waals surface area contributed by atoms with Crippen LogP contribution < -0.4 is 0 Å². The van der Waals surface area contributed by atoms with Crippen LogP contribution in [0.4, 0.5) is 4.39 Å². The van der Waals surface area contributed by atoms with Gasteiger partial charge in [-0.15, -0.1) is 0 Å². The van der Waals surface area contributed by atoms with Gasteiger partial charge in [0.1, 0.15) is 5.82 Å². The number of benzene rings is 1. The summed E-state index contributed by atoms with van der Waals surface area (Å²) in [6.45, 7) is 6.79. The van der Waals surface area contributed by atoms with Gasteiger partial charge >= 0.3 is 0 Å². The van der Waals surface area contributed by atoms with Crippen molar-refractivity contribution in [2.45, 2.75) is 13.5 Å². The Balaban J connectivity index is 1.77. The Morgan fingerprint density at radius 2 is 1.91 bits per heavy atom. The lowest BCUT2D eigenvalue weighted by molar-refractivity contribution is 0.147. The zero-order chi connectivity index (χ0) is 15.5. The molecule has 2 aromatic rings. The molecule has 0 bridgehead atoms. The van der Waals surface area contributed by atoms with Gasteiger partial charge in [-0.2, -0.15) is 0 Å². The van der Waals surface area contributed by atoms with Gasteiger partial charge < -0.3 is 4.90 Å². The van der Waals surface area contributed by atoms with Crippen LogP contribution >= 0.6 is 0 Å². The third kappa shape index (κ3) is 3.34. The maximum atomic E-state index is 14.4. The van der Waals surface area contributed by atoms with Crippen LogP contribution in [0, 0.1) is 12.7 Å². The summed E-state index contributed by atoms with van der Waals surface area (Å²) in [4.78, 5) is 8.71. The van der Waals surface area contributed by atoms with E-state index in [-0.39, 0.29) is 5.82 Å². The van der Waals surface area contributed by atoms with E-state index < -0.39 is 0 Å². The average Bonchev–Trinajstić information content (AvgIpc) is 2.52. The van der Waals surface area contributed by atoms with Gasteiger partial charge in [-0.1, -0.05) is 12.1 Å². The number of halogens is 1. The number of hydrogen-bond donors (Lipinski definition) is 0. The molecule has 1 aromatic heterocycles. The highest BCUT2D eigenvalue weighted by Gasteiger charge is 2.16. The summed E-state index contributed by atoms with van der Waals surface area (Å²) in [5.41, 5.74) is 3.80. The summed E-state index contributed by atoms with van der Waals surface area (Å²) in [5, 5.41) is 0. The van der Waals surface area contributed by atoms with Gasteiger partial charge in [-0.25, -0.2) is 4.39 Å². The first-order chi connectivity index (χ1) is 10.6. The van der Waals surface area contributed by atoms with Crippen LogP contribution in [-0.2, 0) is 6.54 Å². The summed E-state index contributed by atoms with van der Waals surface area (Å²) in [7, 11) is 2.13. The van der Waals surface area contributed by atoms with Crippen LogP contribution in [0.15, 0.2) is 36.7 Å². The van der Waals surface area contributed by atoms with Gasteiger partial charge in [0.25, 0.3) is 0 Å². The van der Waals surface area contributed by atoms with Crippen LogP contribution in [-0.4, -0.2) is 48.0 Å². The Labute approximate surface area is 131 Å². The summed E-state index contributed by atoms with van der Waals surface area (Å²) in [6, 6.07) is 7.51. The predicted octanol–water partition coefficient (Wildman–Crippen LogP) is 2.94. The molecule has 0 radical (unpaired) electrons. The van der Waals surface area contributed by atoms with Crippen molar-refractivity contribution in [2.24, 2.45) is 0 Å². The fourth-order valence-corrected chi connectivity index (χ4v) is 2.89. The third-order valence-corrected chi connectivity index (χ3v) is 4.37. The first-order valence-corrected chi connectivity index (χ1v) is 7.74. The first kappa shape index (κ1) is 15.1. The van der Waals surface area contributed by atoms with Crippen LogP contribution in [0.3, 0.4) is 0 Å². The molecule has 1 saturated heterocycles. The zero-order valence-electron chi connectivity index (χ0n) is 13.2. The number of rotatable bonds is 3. The van der Waals surface area contributed by atoms with Crippen LogP contribution in [0.5, 0.6) is 0 Å². The number of piperazine rings is 1. The van der Waals surface area contributed by atoms with Crippen molar-refractivity contribution in [1.82, 2.24) is 14.8 Å². The number of aromatic nitrogens is 1. The molecule has 3 nitrogen and oxygen atoms in total. The van der Waals surface area contributed by atoms with E-state index in [1.807, 2.05) is 31.3 Å². The summed E-state index contributed by atoms with van der Waals surface area (Å²) in [5.74, 6) is -0.118. The van der Waals surface area contributed by atoms with Gasteiger partial charge in [0, 0.05) is 50.7 Å². The maximum absolute atomic E-state index is 14.4. The van der Waals surface area contributed by atoms with Crippen LogP contribution in [0.1, 0.15) is 11.1 Å². The Kier molecular flexibility index (Phi) is 4.50. The highest BCUT2D eigenvalue weighted by atomic mass is 19.1. The maximum Gasteiger partial charge on any atom is 0.128 e. The SMILES string of the molecule is Cc1cnccc1-c1ccc(CN2CCN(C)CC2)c(F)c1. The van der Waals surface area contributed by atoms with Crippen molar-refractivity contribution >= 4 is 0 Å². The molecular formula is C18H22FN3. The fraction of sp³-hybridized carbons (Fsp3) is 0.389. The molecule has 1 fully saturated rings. The van der Waals surface area contributed by atoms with Gasteiger partial charge in [0.05, 0.1) is 0 Å². The molecule has 0 amide bonds. The standard InChI is InChI=1S/C18H22FN3/c1-14-12-20-6-5-17(14)15-3-4-16(18(19)11-15)13-22-9-7-21(2)8-10-22/h3-6,11-12H,7-10,13H2,1-2H3. The number of pyridine rings is 1. The van der Waals surface area contributed by atoms with Gasteiger partial charge in [0.15, 0.2) is 0 Å². The molecule has 0 unspecified atom stereocenters. The quantitative estimate of drug-likeness (QED) is 0.868. The summed E-state index contributed by atoms with van der Waals surface area (Å²) >= 11 is 0. The van der Waals surface area contributed by atoms with E-state index in [0.717, 1.165) is 48.4 Å². The molecule has 2 heterocycles. The first-order valence-electron chi connectivity index (χ1n) is 7.74. The largest absolute Gasteiger partial charge is 0.304 e. The Hall–Kier alpha value is -1.78. The van der Waals surface area contributed by atoms with Gasteiger partial charge in [0.2, 0.25) is 0 Å². The third-order valence-electron chi connectivity index (χ3n) is 4.37. The van der Waals surface area contributed by atoms with Gasteiger partial charge in [-0.05, 0) is 42.8 Å². The van der Waals surface area contributed by atoms with Crippen molar-refractivity contribution in [2.75, 3.05) is 33.2 Å². The van der Waals surface area contributed by atoms with E-state index >= 15 is 0 Å². The second-order valence-electron chi connectivity index (χ2n) is 6.08. The van der Waals surface area contributed by atoms with Crippen molar-refractivity contribution < 1.29 is 4.39 Å². The van der Waals surface area contributed by atoms with E-state index in [9.17, 15) is 4.39 Å². The molecule has 1 aliphatic heterocycles. The number of likely N-dealkylation sites (N-methyl/N-ethyl adjacent to an activating group) is 1. The van der Waals surface area contributed by atoms with Crippen LogP contribution in [0.25, 0.3) is 11.1 Å². The second-order valence-corrected chi connectivity index (χ2v) is 6.08. The molecule has 0 atom stereocenters. The molecule has 22 heavy (non-hydrogen) atoms. The van der Waals surface area contributed by atoms with Gasteiger partial charge in [-0.3, -0.25) is 9.88 Å². The van der Waals surface area contributed by atoms with Crippen molar-refractivity contribution in [3.63, 3.8) is 0 Å². The molecule has 0 aliphatic carbocycles. The molecule has 1 aromatic carbocycles. The fourth-order valence-electron chi connectivity index (χ4n) is 2.89. The van der Waals surface area contributed by atoms with E-state index in [0.29, 0.717) is 6.54 Å². The molecule has 1 aliphatic rings. The Morgan fingerprint density at radius 3 is 2.59 bits per heavy atom. The number of hydrogen-bond acceptors (Lipinski definition) is 3. The topological polar surface area (TPSA) is 19.4 Å². The smallest absolute Gasteiger partial charge is 0.128 e. The lowest BCUT2D eigenvalue weighted by atomic mass is 10.0. The summed E-state index contributed by atoms with van der Waals surface area (Å²) in [6.07, 6.45) is 3.56. The lowest BCUT2D eigenvalue weighted by Crippen LogP contribution is -2.44. The summed E-state index contributed by atoms with van der Waals surface area (Å²) < 4.78 is 14.4. The minimum Gasteiger partial charge on any atom is -0.304 e. The second kappa shape index (κ2) is 6.55. The molecule has 0 spiro atoms. The molecule has 3 rings (SSSR count). The Bertz CT molecular complexity index is 649. The molecule has 0 saturated carbocycles. The van der Waals surface area contributed by atoms with Crippen molar-refractivity contribution in [3.05, 3.63) is 53.6 Å². The minimum atomic E-state index is -0.118. The molecule has 116 valence electrons. The van der Waals surface area contributed by atoms with E-state index in [2.05, 4.69) is 21.8 Å². The highest BCUT2D eigenvalue weighted by Crippen LogP contribution is 2.25.